The van der Waals surface area contributed by atoms with Crippen LogP contribution in [0.25, 0.3) is 0 Å². The van der Waals surface area contributed by atoms with Gasteiger partial charge in [0.25, 0.3) is 0 Å². The third-order valence-corrected chi connectivity index (χ3v) is 3.94. The highest BCUT2D eigenvalue weighted by Gasteiger charge is 2.37. The van der Waals surface area contributed by atoms with Crippen molar-refractivity contribution in [3.8, 4) is 5.75 Å². The molecule has 1 saturated carbocycles. The minimum absolute atomic E-state index is 0.212. The number of phenolic OH excluding ortho intramolecular Hbond substituents is 1. The highest BCUT2D eigenvalue weighted by molar-refractivity contribution is 5.32. The van der Waals surface area contributed by atoms with Crippen LogP contribution in [0.1, 0.15) is 24.8 Å². The Balaban J connectivity index is 1.76. The molecule has 0 radical (unpaired) electrons. The van der Waals surface area contributed by atoms with Gasteiger partial charge in [0.2, 0.25) is 0 Å². The largest absolute Gasteiger partial charge is 0.508 e. The van der Waals surface area contributed by atoms with Crippen LogP contribution in [0.5, 0.6) is 5.75 Å². The first-order chi connectivity index (χ1) is 7.72. The van der Waals surface area contributed by atoms with E-state index < -0.39 is 0 Å². The first-order valence-electron chi connectivity index (χ1n) is 5.94. The van der Waals surface area contributed by atoms with Gasteiger partial charge in [-0.1, -0.05) is 0 Å². The van der Waals surface area contributed by atoms with Crippen LogP contribution in [0.3, 0.4) is 0 Å². The summed E-state index contributed by atoms with van der Waals surface area (Å²) in [5, 5.41) is 9.67. The fourth-order valence-electron chi connectivity index (χ4n) is 3.12. The maximum Gasteiger partial charge on any atom is 0.123 e. The molecule has 1 saturated heterocycles. The van der Waals surface area contributed by atoms with Crippen molar-refractivity contribution < 1.29 is 9.50 Å². The SMILES string of the molecule is Oc1ccc(F)cc1CN1CC2CCC1C2. The summed E-state index contributed by atoms with van der Waals surface area (Å²) < 4.78 is 13.1. The molecule has 2 unspecified atom stereocenters. The summed E-state index contributed by atoms with van der Waals surface area (Å²) in [6, 6.07) is 4.85. The van der Waals surface area contributed by atoms with Gasteiger partial charge in [0.1, 0.15) is 11.6 Å². The molecule has 3 rings (SSSR count). The van der Waals surface area contributed by atoms with Gasteiger partial charge in [-0.05, 0) is 43.4 Å². The van der Waals surface area contributed by atoms with Crippen molar-refractivity contribution in [2.24, 2.45) is 5.92 Å². The van der Waals surface area contributed by atoms with E-state index in [1.807, 2.05) is 0 Å². The Hall–Kier alpha value is -1.09. The number of aromatic hydroxyl groups is 1. The van der Waals surface area contributed by atoms with E-state index in [1.54, 1.807) is 0 Å². The molecule has 1 aliphatic carbocycles. The summed E-state index contributed by atoms with van der Waals surface area (Å²) in [6.45, 7) is 1.80. The van der Waals surface area contributed by atoms with Crippen LogP contribution in [0, 0.1) is 11.7 Å². The Morgan fingerprint density at radius 1 is 1.38 bits per heavy atom. The third kappa shape index (κ3) is 1.69. The highest BCUT2D eigenvalue weighted by Crippen LogP contribution is 2.38. The van der Waals surface area contributed by atoms with E-state index >= 15 is 0 Å². The molecule has 3 heteroatoms. The minimum atomic E-state index is -0.267. The topological polar surface area (TPSA) is 23.5 Å². The standard InChI is InChI=1S/C13H16FNO/c14-11-2-4-13(16)10(6-11)8-15-7-9-1-3-12(15)5-9/h2,4,6,9,12,16H,1,3,5,7-8H2. The highest BCUT2D eigenvalue weighted by atomic mass is 19.1. The third-order valence-electron chi connectivity index (χ3n) is 3.94. The summed E-state index contributed by atoms with van der Waals surface area (Å²) in [5.74, 6) is 0.780. The van der Waals surface area contributed by atoms with E-state index in [2.05, 4.69) is 4.90 Å². The lowest BCUT2D eigenvalue weighted by atomic mass is 10.1. The number of likely N-dealkylation sites (tertiary alicyclic amines) is 1. The summed E-state index contributed by atoms with van der Waals surface area (Å²) in [5.41, 5.74) is 0.715. The van der Waals surface area contributed by atoms with Crippen LogP contribution in [0.15, 0.2) is 18.2 Å². The molecule has 1 aliphatic heterocycles. The van der Waals surface area contributed by atoms with Crippen molar-refractivity contribution in [2.75, 3.05) is 6.54 Å². The predicted molar refractivity (Wildman–Crippen MR) is 59.6 cm³/mol. The molecule has 2 bridgehead atoms. The van der Waals surface area contributed by atoms with E-state index in [0.717, 1.165) is 12.5 Å². The number of nitrogens with zero attached hydrogens (tertiary/aromatic N) is 1. The van der Waals surface area contributed by atoms with Gasteiger partial charge >= 0.3 is 0 Å². The zero-order chi connectivity index (χ0) is 11.1. The van der Waals surface area contributed by atoms with Crippen LogP contribution < -0.4 is 0 Å². The molecule has 0 aromatic heterocycles. The molecule has 2 fully saturated rings. The van der Waals surface area contributed by atoms with Crippen molar-refractivity contribution in [1.82, 2.24) is 4.90 Å². The van der Waals surface area contributed by atoms with E-state index in [9.17, 15) is 9.50 Å². The maximum atomic E-state index is 13.1. The quantitative estimate of drug-likeness (QED) is 0.829. The Labute approximate surface area is 94.7 Å². The van der Waals surface area contributed by atoms with Crippen molar-refractivity contribution in [1.29, 1.82) is 0 Å². The molecule has 16 heavy (non-hydrogen) atoms. The van der Waals surface area contributed by atoms with E-state index in [4.69, 9.17) is 0 Å². The normalized spacial score (nSPS) is 28.8. The van der Waals surface area contributed by atoms with E-state index in [1.165, 1.54) is 37.5 Å². The molecule has 1 aromatic carbocycles. The first kappa shape index (κ1) is 10.1. The molecule has 86 valence electrons. The van der Waals surface area contributed by atoms with Crippen LogP contribution >= 0.6 is 0 Å². The number of fused-ring (bicyclic) bond motifs is 2. The summed E-state index contributed by atoms with van der Waals surface area (Å²) >= 11 is 0. The van der Waals surface area contributed by atoms with Gasteiger partial charge in [-0.3, -0.25) is 4.90 Å². The number of hydrogen-bond donors (Lipinski definition) is 1. The Kier molecular flexibility index (Phi) is 2.36. The van der Waals surface area contributed by atoms with Gasteiger partial charge in [-0.25, -0.2) is 4.39 Å². The van der Waals surface area contributed by atoms with Gasteiger partial charge in [-0.15, -0.1) is 0 Å². The summed E-state index contributed by atoms with van der Waals surface area (Å²) in [7, 11) is 0. The molecule has 2 aliphatic rings. The first-order valence-corrected chi connectivity index (χ1v) is 5.94. The van der Waals surface area contributed by atoms with Crippen molar-refractivity contribution in [2.45, 2.75) is 31.8 Å². The molecular weight excluding hydrogens is 205 g/mol. The average molecular weight is 221 g/mol. The van der Waals surface area contributed by atoms with E-state index in [0.29, 0.717) is 18.2 Å². The monoisotopic (exact) mass is 221 g/mol. The number of benzene rings is 1. The summed E-state index contributed by atoms with van der Waals surface area (Å²) in [4.78, 5) is 2.38. The maximum absolute atomic E-state index is 13.1. The Bertz CT molecular complexity index is 407. The molecule has 0 spiro atoms. The fourth-order valence-corrected chi connectivity index (χ4v) is 3.12. The lowest BCUT2D eigenvalue weighted by Gasteiger charge is -2.26. The number of piperidine rings is 1. The lowest BCUT2D eigenvalue weighted by molar-refractivity contribution is 0.203. The van der Waals surface area contributed by atoms with Crippen LogP contribution in [-0.2, 0) is 6.54 Å². The van der Waals surface area contributed by atoms with Gasteiger partial charge in [0, 0.05) is 24.7 Å². The fraction of sp³-hybridized carbons (Fsp3) is 0.538. The van der Waals surface area contributed by atoms with Crippen molar-refractivity contribution in [3.05, 3.63) is 29.6 Å². The Morgan fingerprint density at radius 3 is 2.94 bits per heavy atom. The predicted octanol–water partition coefficient (Wildman–Crippen LogP) is 2.52. The number of halogens is 1. The minimum Gasteiger partial charge on any atom is -0.508 e. The van der Waals surface area contributed by atoms with Crippen LogP contribution in [0.2, 0.25) is 0 Å². The zero-order valence-corrected chi connectivity index (χ0v) is 9.19. The van der Waals surface area contributed by atoms with Crippen molar-refractivity contribution >= 4 is 0 Å². The Morgan fingerprint density at radius 2 is 2.25 bits per heavy atom. The zero-order valence-electron chi connectivity index (χ0n) is 9.19. The average Bonchev–Trinajstić information content (AvgIpc) is 2.85. The summed E-state index contributed by atoms with van der Waals surface area (Å²) in [6.07, 6.45) is 3.90. The van der Waals surface area contributed by atoms with E-state index in [-0.39, 0.29) is 11.6 Å². The number of hydrogen-bond acceptors (Lipinski definition) is 2. The molecule has 2 nitrogen and oxygen atoms in total. The van der Waals surface area contributed by atoms with Crippen molar-refractivity contribution in [3.63, 3.8) is 0 Å². The number of phenols is 1. The smallest absolute Gasteiger partial charge is 0.123 e. The second-order valence-corrected chi connectivity index (χ2v) is 5.04. The van der Waals surface area contributed by atoms with Crippen LogP contribution in [-0.4, -0.2) is 22.6 Å². The molecule has 1 heterocycles. The van der Waals surface area contributed by atoms with Gasteiger partial charge in [0.05, 0.1) is 0 Å². The second-order valence-electron chi connectivity index (χ2n) is 5.04. The lowest BCUT2D eigenvalue weighted by Crippen LogP contribution is -2.31. The van der Waals surface area contributed by atoms with Gasteiger partial charge in [0.15, 0.2) is 0 Å². The molecular formula is C13H16FNO. The second kappa shape index (κ2) is 3.74. The molecule has 1 aromatic rings. The molecule has 2 atom stereocenters. The van der Waals surface area contributed by atoms with Crippen LogP contribution in [0.4, 0.5) is 4.39 Å². The van der Waals surface area contributed by atoms with Gasteiger partial charge < -0.3 is 5.11 Å². The van der Waals surface area contributed by atoms with Gasteiger partial charge in [-0.2, -0.15) is 0 Å². The number of rotatable bonds is 2. The molecule has 1 N–H and O–H groups in total. The molecule has 0 amide bonds.